The minimum atomic E-state index is -3.70. The van der Waals surface area contributed by atoms with Crippen molar-refractivity contribution in [3.63, 3.8) is 0 Å². The molecule has 0 aliphatic heterocycles. The molecule has 0 fully saturated rings. The Labute approximate surface area is 160 Å². The SMILES string of the molecule is CCOc1ccc(-c2ccc(S(=O)(=O)Nc3cccc(C)n3)cc2C)cc1. The first-order valence-corrected chi connectivity index (χ1v) is 10.2. The van der Waals surface area contributed by atoms with E-state index in [2.05, 4.69) is 9.71 Å². The van der Waals surface area contributed by atoms with Crippen molar-refractivity contribution in [1.29, 1.82) is 0 Å². The first-order valence-electron chi connectivity index (χ1n) is 8.69. The average molecular weight is 382 g/mol. The zero-order valence-electron chi connectivity index (χ0n) is 15.6. The van der Waals surface area contributed by atoms with Crippen molar-refractivity contribution in [1.82, 2.24) is 4.98 Å². The van der Waals surface area contributed by atoms with Gasteiger partial charge in [-0.15, -0.1) is 0 Å². The summed E-state index contributed by atoms with van der Waals surface area (Å²) in [5.41, 5.74) is 3.61. The van der Waals surface area contributed by atoms with E-state index < -0.39 is 10.0 Å². The van der Waals surface area contributed by atoms with E-state index in [1.54, 1.807) is 24.3 Å². The second-order valence-corrected chi connectivity index (χ2v) is 7.89. The zero-order chi connectivity index (χ0) is 19.4. The van der Waals surface area contributed by atoms with Crippen LogP contribution in [-0.2, 0) is 10.0 Å². The minimum Gasteiger partial charge on any atom is -0.494 e. The van der Waals surface area contributed by atoms with Gasteiger partial charge in [0.1, 0.15) is 11.6 Å². The number of rotatable bonds is 6. The lowest BCUT2D eigenvalue weighted by Gasteiger charge is -2.12. The Balaban J connectivity index is 1.87. The van der Waals surface area contributed by atoms with Gasteiger partial charge in [0.15, 0.2) is 0 Å². The van der Waals surface area contributed by atoms with Gasteiger partial charge in [0, 0.05) is 5.69 Å². The maximum Gasteiger partial charge on any atom is 0.263 e. The number of hydrogen-bond acceptors (Lipinski definition) is 4. The molecule has 1 aromatic heterocycles. The van der Waals surface area contributed by atoms with Gasteiger partial charge >= 0.3 is 0 Å². The van der Waals surface area contributed by atoms with Gasteiger partial charge < -0.3 is 4.74 Å². The summed E-state index contributed by atoms with van der Waals surface area (Å²) in [5.74, 6) is 1.12. The highest BCUT2D eigenvalue weighted by Gasteiger charge is 2.16. The molecule has 140 valence electrons. The number of hydrogen-bond donors (Lipinski definition) is 1. The summed E-state index contributed by atoms with van der Waals surface area (Å²) in [6.45, 7) is 6.27. The van der Waals surface area contributed by atoms with E-state index in [0.717, 1.165) is 28.1 Å². The highest BCUT2D eigenvalue weighted by atomic mass is 32.2. The molecule has 2 aromatic carbocycles. The molecule has 0 saturated heterocycles. The standard InChI is InChI=1S/C21H22N2O3S/c1-4-26-18-10-8-17(9-11-18)20-13-12-19(14-15(20)2)27(24,25)23-21-7-5-6-16(3)22-21/h5-14H,4H2,1-3H3,(H,22,23). The largest absolute Gasteiger partial charge is 0.494 e. The molecule has 0 unspecified atom stereocenters. The van der Waals surface area contributed by atoms with Crippen LogP contribution in [0.15, 0.2) is 65.6 Å². The Hall–Kier alpha value is -2.86. The molecule has 1 N–H and O–H groups in total. The number of ether oxygens (including phenoxy) is 1. The number of sulfonamides is 1. The Kier molecular flexibility index (Phi) is 5.46. The molecule has 6 heteroatoms. The maximum absolute atomic E-state index is 12.7. The molecule has 0 atom stereocenters. The summed E-state index contributed by atoms with van der Waals surface area (Å²) in [4.78, 5) is 4.40. The van der Waals surface area contributed by atoms with E-state index in [1.165, 1.54) is 0 Å². The molecular formula is C21H22N2O3S. The van der Waals surface area contributed by atoms with Crippen molar-refractivity contribution in [2.45, 2.75) is 25.7 Å². The van der Waals surface area contributed by atoms with Crippen molar-refractivity contribution >= 4 is 15.8 Å². The predicted molar refractivity (Wildman–Crippen MR) is 108 cm³/mol. The summed E-state index contributed by atoms with van der Waals surface area (Å²) in [7, 11) is -3.70. The molecule has 5 nitrogen and oxygen atoms in total. The van der Waals surface area contributed by atoms with Gasteiger partial charge in [-0.2, -0.15) is 0 Å². The summed E-state index contributed by atoms with van der Waals surface area (Å²) < 4.78 is 33.3. The van der Waals surface area contributed by atoms with Crippen molar-refractivity contribution in [3.8, 4) is 16.9 Å². The van der Waals surface area contributed by atoms with Gasteiger partial charge in [0.05, 0.1) is 11.5 Å². The van der Waals surface area contributed by atoms with Crippen LogP contribution < -0.4 is 9.46 Å². The Morgan fingerprint density at radius 1 is 1.00 bits per heavy atom. The quantitative estimate of drug-likeness (QED) is 0.678. The molecule has 3 rings (SSSR count). The van der Waals surface area contributed by atoms with E-state index in [4.69, 9.17) is 4.74 Å². The van der Waals surface area contributed by atoms with Crippen LogP contribution in [0.4, 0.5) is 5.82 Å². The third-order valence-electron chi connectivity index (χ3n) is 4.11. The van der Waals surface area contributed by atoms with Crippen LogP contribution in [0.1, 0.15) is 18.2 Å². The summed E-state index contributed by atoms with van der Waals surface area (Å²) in [6.07, 6.45) is 0. The highest BCUT2D eigenvalue weighted by molar-refractivity contribution is 7.92. The smallest absolute Gasteiger partial charge is 0.263 e. The molecule has 3 aromatic rings. The van der Waals surface area contributed by atoms with Crippen LogP contribution in [-0.4, -0.2) is 20.0 Å². The van der Waals surface area contributed by atoms with E-state index >= 15 is 0 Å². The fraction of sp³-hybridized carbons (Fsp3) is 0.190. The molecule has 0 amide bonds. The number of nitrogens with zero attached hydrogens (tertiary/aromatic N) is 1. The van der Waals surface area contributed by atoms with Crippen LogP contribution in [0.25, 0.3) is 11.1 Å². The lowest BCUT2D eigenvalue weighted by Crippen LogP contribution is -2.14. The molecule has 0 bridgehead atoms. The molecule has 0 aliphatic rings. The topological polar surface area (TPSA) is 68.3 Å². The molecule has 1 heterocycles. The van der Waals surface area contributed by atoms with Crippen LogP contribution in [0.3, 0.4) is 0 Å². The van der Waals surface area contributed by atoms with Crippen molar-refractivity contribution in [2.75, 3.05) is 11.3 Å². The summed E-state index contributed by atoms with van der Waals surface area (Å²) in [5, 5.41) is 0. The van der Waals surface area contributed by atoms with Crippen LogP contribution in [0.5, 0.6) is 5.75 Å². The number of nitrogens with one attached hydrogen (secondary N) is 1. The monoisotopic (exact) mass is 382 g/mol. The van der Waals surface area contributed by atoms with Crippen molar-refractivity contribution in [3.05, 3.63) is 71.9 Å². The molecule has 0 spiro atoms. The minimum absolute atomic E-state index is 0.206. The lowest BCUT2D eigenvalue weighted by atomic mass is 10.0. The van der Waals surface area contributed by atoms with Gasteiger partial charge in [-0.1, -0.05) is 24.3 Å². The molecule has 0 saturated carbocycles. The van der Waals surface area contributed by atoms with Gasteiger partial charge in [-0.25, -0.2) is 13.4 Å². The van der Waals surface area contributed by atoms with Crippen LogP contribution >= 0.6 is 0 Å². The lowest BCUT2D eigenvalue weighted by molar-refractivity contribution is 0.340. The Morgan fingerprint density at radius 2 is 1.74 bits per heavy atom. The summed E-state index contributed by atoms with van der Waals surface area (Å²) >= 11 is 0. The van der Waals surface area contributed by atoms with Crippen molar-refractivity contribution in [2.24, 2.45) is 0 Å². The maximum atomic E-state index is 12.7. The second kappa shape index (κ2) is 7.80. The third-order valence-corrected chi connectivity index (χ3v) is 5.46. The first-order chi connectivity index (χ1) is 12.9. The second-order valence-electron chi connectivity index (χ2n) is 6.20. The first kappa shape index (κ1) is 18.9. The molecule has 0 aliphatic carbocycles. The zero-order valence-corrected chi connectivity index (χ0v) is 16.4. The van der Waals surface area contributed by atoms with Gasteiger partial charge in [0.2, 0.25) is 0 Å². The fourth-order valence-electron chi connectivity index (χ4n) is 2.82. The molecule has 0 radical (unpaired) electrons. The van der Waals surface area contributed by atoms with Crippen molar-refractivity contribution < 1.29 is 13.2 Å². The van der Waals surface area contributed by atoms with Gasteiger partial charge in [-0.3, -0.25) is 4.72 Å². The van der Waals surface area contributed by atoms with E-state index in [9.17, 15) is 8.42 Å². The summed E-state index contributed by atoms with van der Waals surface area (Å²) in [6, 6.07) is 18.1. The molecule has 27 heavy (non-hydrogen) atoms. The fourth-order valence-corrected chi connectivity index (χ4v) is 3.91. The normalized spacial score (nSPS) is 11.2. The highest BCUT2D eigenvalue weighted by Crippen LogP contribution is 2.28. The van der Waals surface area contributed by atoms with E-state index in [0.29, 0.717) is 12.4 Å². The third kappa shape index (κ3) is 4.46. The predicted octanol–water partition coefficient (Wildman–Crippen LogP) is 4.56. The average Bonchev–Trinajstić information content (AvgIpc) is 2.62. The van der Waals surface area contributed by atoms with Crippen LogP contribution in [0, 0.1) is 13.8 Å². The number of aryl methyl sites for hydroxylation is 2. The van der Waals surface area contributed by atoms with E-state index in [1.807, 2.05) is 57.2 Å². The van der Waals surface area contributed by atoms with E-state index in [-0.39, 0.29) is 4.90 Å². The number of pyridine rings is 1. The Bertz CT molecular complexity index is 1050. The Morgan fingerprint density at radius 3 is 2.37 bits per heavy atom. The van der Waals surface area contributed by atoms with Gasteiger partial charge in [-0.05, 0) is 73.9 Å². The molecular weight excluding hydrogens is 360 g/mol. The number of benzene rings is 2. The van der Waals surface area contributed by atoms with Gasteiger partial charge in [0.25, 0.3) is 10.0 Å². The number of anilines is 1. The number of aromatic nitrogens is 1. The van der Waals surface area contributed by atoms with Crippen LogP contribution in [0.2, 0.25) is 0 Å².